The molecule has 8 heteroatoms. The van der Waals surface area contributed by atoms with Gasteiger partial charge in [0, 0.05) is 36.8 Å². The van der Waals surface area contributed by atoms with E-state index in [9.17, 15) is 9.59 Å². The summed E-state index contributed by atoms with van der Waals surface area (Å²) in [5.41, 5.74) is 0. The SMILES string of the molecule is O=C(O)CN1CCN(CC(=O)Nc2ccc(Br)cn2)CC1. The zero-order chi connectivity index (χ0) is 15.2. The Labute approximate surface area is 131 Å². The molecule has 0 aromatic carbocycles. The zero-order valence-corrected chi connectivity index (χ0v) is 13.0. The fourth-order valence-corrected chi connectivity index (χ4v) is 2.37. The Balaban J connectivity index is 1.74. The van der Waals surface area contributed by atoms with Crippen molar-refractivity contribution in [1.29, 1.82) is 0 Å². The van der Waals surface area contributed by atoms with Crippen molar-refractivity contribution in [2.75, 3.05) is 44.6 Å². The summed E-state index contributed by atoms with van der Waals surface area (Å²) in [5, 5.41) is 11.5. The van der Waals surface area contributed by atoms with Gasteiger partial charge in [-0.25, -0.2) is 4.98 Å². The highest BCUT2D eigenvalue weighted by atomic mass is 79.9. The van der Waals surface area contributed by atoms with Crippen LogP contribution in [0.15, 0.2) is 22.8 Å². The number of carboxylic acid groups (broad SMARTS) is 1. The third-order valence-electron chi connectivity index (χ3n) is 3.19. The molecule has 0 bridgehead atoms. The summed E-state index contributed by atoms with van der Waals surface area (Å²) in [7, 11) is 0. The van der Waals surface area contributed by atoms with E-state index in [2.05, 4.69) is 26.2 Å². The first kappa shape index (κ1) is 15.9. The predicted octanol–water partition coefficient (Wildman–Crippen LogP) is 0.485. The average molecular weight is 357 g/mol. The van der Waals surface area contributed by atoms with Gasteiger partial charge in [0.05, 0.1) is 13.1 Å². The summed E-state index contributed by atoms with van der Waals surface area (Å²) in [6.07, 6.45) is 1.63. The molecule has 2 N–H and O–H groups in total. The lowest BCUT2D eigenvalue weighted by Gasteiger charge is -2.33. The maximum atomic E-state index is 11.9. The highest BCUT2D eigenvalue weighted by Crippen LogP contribution is 2.10. The topological polar surface area (TPSA) is 85.8 Å². The number of halogens is 1. The molecule has 1 aromatic heterocycles. The van der Waals surface area contributed by atoms with E-state index in [0.29, 0.717) is 38.5 Å². The fourth-order valence-electron chi connectivity index (χ4n) is 2.13. The van der Waals surface area contributed by atoms with Crippen molar-refractivity contribution in [3.8, 4) is 0 Å². The van der Waals surface area contributed by atoms with Crippen LogP contribution in [0.1, 0.15) is 0 Å². The lowest BCUT2D eigenvalue weighted by atomic mass is 10.3. The molecule has 1 aromatic rings. The number of hydrogen-bond acceptors (Lipinski definition) is 5. The third-order valence-corrected chi connectivity index (χ3v) is 3.65. The fraction of sp³-hybridized carbons (Fsp3) is 0.462. The smallest absolute Gasteiger partial charge is 0.317 e. The molecule has 1 amide bonds. The number of nitrogens with one attached hydrogen (secondary N) is 1. The van der Waals surface area contributed by atoms with Gasteiger partial charge in [0.1, 0.15) is 5.82 Å². The minimum atomic E-state index is -0.817. The number of carbonyl (C=O) groups is 2. The first-order chi connectivity index (χ1) is 10.0. The van der Waals surface area contributed by atoms with Crippen molar-refractivity contribution in [3.05, 3.63) is 22.8 Å². The maximum Gasteiger partial charge on any atom is 0.317 e. The molecule has 2 rings (SSSR count). The van der Waals surface area contributed by atoms with Crippen LogP contribution >= 0.6 is 15.9 Å². The van der Waals surface area contributed by atoms with Gasteiger partial charge in [-0.3, -0.25) is 19.4 Å². The van der Waals surface area contributed by atoms with Crippen LogP contribution in [0.4, 0.5) is 5.82 Å². The van der Waals surface area contributed by atoms with Gasteiger partial charge in [-0.2, -0.15) is 0 Å². The van der Waals surface area contributed by atoms with Gasteiger partial charge in [0.25, 0.3) is 0 Å². The van der Waals surface area contributed by atoms with Crippen LogP contribution < -0.4 is 5.32 Å². The van der Waals surface area contributed by atoms with E-state index in [1.807, 2.05) is 15.9 Å². The van der Waals surface area contributed by atoms with E-state index in [1.54, 1.807) is 12.3 Å². The number of pyridine rings is 1. The zero-order valence-electron chi connectivity index (χ0n) is 11.5. The Morgan fingerprint density at radius 3 is 2.33 bits per heavy atom. The van der Waals surface area contributed by atoms with Crippen LogP contribution in [-0.4, -0.2) is 71.0 Å². The molecule has 1 aliphatic heterocycles. The largest absolute Gasteiger partial charge is 0.480 e. The lowest BCUT2D eigenvalue weighted by molar-refractivity contribution is -0.139. The lowest BCUT2D eigenvalue weighted by Crippen LogP contribution is -2.49. The molecule has 114 valence electrons. The molecule has 0 atom stereocenters. The summed E-state index contributed by atoms with van der Waals surface area (Å²) >= 11 is 3.28. The number of nitrogens with zero attached hydrogens (tertiary/aromatic N) is 3. The molecule has 1 saturated heterocycles. The van der Waals surface area contributed by atoms with Crippen molar-refractivity contribution in [1.82, 2.24) is 14.8 Å². The predicted molar refractivity (Wildman–Crippen MR) is 81.1 cm³/mol. The molecule has 0 aliphatic carbocycles. The van der Waals surface area contributed by atoms with Crippen LogP contribution in [0, 0.1) is 0 Å². The Kier molecular flexibility index (Phi) is 5.66. The molecule has 0 spiro atoms. The van der Waals surface area contributed by atoms with Gasteiger partial charge in [-0.1, -0.05) is 0 Å². The number of aromatic nitrogens is 1. The summed E-state index contributed by atoms with van der Waals surface area (Å²) in [4.78, 5) is 30.5. The van der Waals surface area contributed by atoms with E-state index in [-0.39, 0.29) is 12.5 Å². The quantitative estimate of drug-likeness (QED) is 0.798. The van der Waals surface area contributed by atoms with E-state index < -0.39 is 5.97 Å². The van der Waals surface area contributed by atoms with Crippen molar-refractivity contribution in [2.45, 2.75) is 0 Å². The van der Waals surface area contributed by atoms with Gasteiger partial charge in [0.15, 0.2) is 0 Å². The van der Waals surface area contributed by atoms with Crippen molar-refractivity contribution in [3.63, 3.8) is 0 Å². The number of aliphatic carboxylic acids is 1. The monoisotopic (exact) mass is 356 g/mol. The summed E-state index contributed by atoms with van der Waals surface area (Å²) in [6, 6.07) is 3.54. The Morgan fingerprint density at radius 1 is 1.19 bits per heavy atom. The minimum Gasteiger partial charge on any atom is -0.480 e. The molecule has 7 nitrogen and oxygen atoms in total. The number of anilines is 1. The first-order valence-corrected chi connectivity index (χ1v) is 7.40. The second kappa shape index (κ2) is 7.48. The highest BCUT2D eigenvalue weighted by molar-refractivity contribution is 9.10. The number of rotatable bonds is 5. The van der Waals surface area contributed by atoms with Crippen LogP contribution in [0.5, 0.6) is 0 Å². The molecule has 0 radical (unpaired) electrons. The Morgan fingerprint density at radius 2 is 1.81 bits per heavy atom. The molecule has 21 heavy (non-hydrogen) atoms. The van der Waals surface area contributed by atoms with Crippen LogP contribution in [0.2, 0.25) is 0 Å². The first-order valence-electron chi connectivity index (χ1n) is 6.61. The van der Waals surface area contributed by atoms with E-state index in [0.717, 1.165) is 4.47 Å². The second-order valence-corrected chi connectivity index (χ2v) is 5.77. The van der Waals surface area contributed by atoms with Crippen LogP contribution in [0.25, 0.3) is 0 Å². The molecule has 1 aliphatic rings. The number of carbonyl (C=O) groups excluding carboxylic acids is 1. The van der Waals surface area contributed by atoms with Crippen LogP contribution in [-0.2, 0) is 9.59 Å². The van der Waals surface area contributed by atoms with E-state index in [1.165, 1.54) is 0 Å². The number of carboxylic acids is 1. The molecule has 0 saturated carbocycles. The molecule has 0 unspecified atom stereocenters. The van der Waals surface area contributed by atoms with E-state index in [4.69, 9.17) is 5.11 Å². The standard InChI is InChI=1S/C13H17BrN4O3/c14-10-1-2-11(15-7-10)16-12(19)8-17-3-5-18(6-4-17)9-13(20)21/h1-2,7H,3-6,8-9H2,(H,20,21)(H,15,16,19). The van der Waals surface area contributed by atoms with Crippen molar-refractivity contribution in [2.24, 2.45) is 0 Å². The van der Waals surface area contributed by atoms with Crippen molar-refractivity contribution >= 4 is 33.6 Å². The Bertz CT molecular complexity index is 501. The van der Waals surface area contributed by atoms with Gasteiger partial charge >= 0.3 is 5.97 Å². The number of piperazine rings is 1. The second-order valence-electron chi connectivity index (χ2n) is 4.86. The Hall–Kier alpha value is -1.51. The molecular weight excluding hydrogens is 340 g/mol. The van der Waals surface area contributed by atoms with Crippen molar-refractivity contribution < 1.29 is 14.7 Å². The molecule has 1 fully saturated rings. The number of hydrogen-bond donors (Lipinski definition) is 2. The van der Waals surface area contributed by atoms with Crippen LogP contribution in [0.3, 0.4) is 0 Å². The van der Waals surface area contributed by atoms with Gasteiger partial charge in [0.2, 0.25) is 5.91 Å². The maximum absolute atomic E-state index is 11.9. The minimum absolute atomic E-state index is 0.0584. The summed E-state index contributed by atoms with van der Waals surface area (Å²) in [5.74, 6) is -0.410. The summed E-state index contributed by atoms with van der Waals surface area (Å²) < 4.78 is 0.857. The third kappa shape index (κ3) is 5.41. The normalized spacial score (nSPS) is 16.6. The average Bonchev–Trinajstić information content (AvgIpc) is 2.43. The highest BCUT2D eigenvalue weighted by Gasteiger charge is 2.20. The van der Waals surface area contributed by atoms with Gasteiger partial charge in [-0.15, -0.1) is 0 Å². The van der Waals surface area contributed by atoms with Gasteiger partial charge in [-0.05, 0) is 28.1 Å². The molecular formula is C13H17BrN4O3. The van der Waals surface area contributed by atoms with E-state index >= 15 is 0 Å². The summed E-state index contributed by atoms with van der Waals surface area (Å²) in [6.45, 7) is 3.05. The molecule has 2 heterocycles. The number of amides is 1. The van der Waals surface area contributed by atoms with Gasteiger partial charge < -0.3 is 10.4 Å².